The van der Waals surface area contributed by atoms with Crippen molar-refractivity contribution < 1.29 is 9.90 Å². The van der Waals surface area contributed by atoms with E-state index in [4.69, 9.17) is 5.11 Å². The number of pyridine rings is 1. The Kier molecular flexibility index (Phi) is 3.74. The maximum Gasteiger partial charge on any atom is 0.335 e. The number of benzene rings is 2. The van der Waals surface area contributed by atoms with E-state index in [2.05, 4.69) is 23.3 Å². The first kappa shape index (κ1) is 14.1. The summed E-state index contributed by atoms with van der Waals surface area (Å²) in [7, 11) is 0. The zero-order chi connectivity index (χ0) is 15.5. The van der Waals surface area contributed by atoms with Gasteiger partial charge in [-0.2, -0.15) is 0 Å². The summed E-state index contributed by atoms with van der Waals surface area (Å²) in [6.07, 6.45) is 2.72. The highest BCUT2D eigenvalue weighted by Gasteiger charge is 2.06. The van der Waals surface area contributed by atoms with Gasteiger partial charge in [0.05, 0.1) is 11.1 Å². The molecular formula is C18H16N2O2. The van der Waals surface area contributed by atoms with Crippen LogP contribution in [0.5, 0.6) is 0 Å². The third-order valence-electron chi connectivity index (χ3n) is 3.65. The SMILES string of the molecule is CCc1cccc2c(Nc3ccc(C(=O)O)cc3)ccnc12. The van der Waals surface area contributed by atoms with Gasteiger partial charge in [0.1, 0.15) is 0 Å². The highest BCUT2D eigenvalue weighted by Crippen LogP contribution is 2.27. The second-order valence-corrected chi connectivity index (χ2v) is 5.03. The van der Waals surface area contributed by atoms with Crippen LogP contribution < -0.4 is 5.32 Å². The number of rotatable bonds is 4. The van der Waals surface area contributed by atoms with Crippen molar-refractivity contribution in [1.29, 1.82) is 0 Å². The summed E-state index contributed by atoms with van der Waals surface area (Å²) >= 11 is 0. The monoisotopic (exact) mass is 292 g/mol. The summed E-state index contributed by atoms with van der Waals surface area (Å²) in [5.41, 5.74) is 4.29. The predicted octanol–water partition coefficient (Wildman–Crippen LogP) is 4.24. The van der Waals surface area contributed by atoms with Crippen molar-refractivity contribution in [3.63, 3.8) is 0 Å². The fourth-order valence-corrected chi connectivity index (χ4v) is 2.48. The van der Waals surface area contributed by atoms with Gasteiger partial charge in [-0.05, 0) is 42.3 Å². The van der Waals surface area contributed by atoms with Crippen LogP contribution in [0.2, 0.25) is 0 Å². The molecule has 0 spiro atoms. The standard InChI is InChI=1S/C18H16N2O2/c1-2-12-4-3-5-15-16(10-11-19-17(12)15)20-14-8-6-13(7-9-14)18(21)22/h3-11H,2H2,1H3,(H,19,20)(H,21,22). The van der Waals surface area contributed by atoms with Crippen LogP contribution in [-0.4, -0.2) is 16.1 Å². The average Bonchev–Trinajstić information content (AvgIpc) is 2.55. The molecular weight excluding hydrogens is 276 g/mol. The fraction of sp³-hybridized carbons (Fsp3) is 0.111. The maximum absolute atomic E-state index is 10.9. The van der Waals surface area contributed by atoms with E-state index >= 15 is 0 Å². The molecule has 0 aliphatic rings. The number of para-hydroxylation sites is 1. The third kappa shape index (κ3) is 2.63. The minimum atomic E-state index is -0.923. The van der Waals surface area contributed by atoms with Gasteiger partial charge >= 0.3 is 5.97 Å². The lowest BCUT2D eigenvalue weighted by molar-refractivity contribution is 0.0697. The van der Waals surface area contributed by atoms with Gasteiger partial charge in [0, 0.05) is 23.0 Å². The van der Waals surface area contributed by atoms with Crippen LogP contribution in [-0.2, 0) is 6.42 Å². The molecule has 3 rings (SSSR count). The van der Waals surface area contributed by atoms with Gasteiger partial charge in [0.25, 0.3) is 0 Å². The second-order valence-electron chi connectivity index (χ2n) is 5.03. The number of aryl methyl sites for hydroxylation is 1. The van der Waals surface area contributed by atoms with E-state index in [0.29, 0.717) is 0 Å². The Morgan fingerprint density at radius 1 is 1.14 bits per heavy atom. The zero-order valence-corrected chi connectivity index (χ0v) is 12.2. The van der Waals surface area contributed by atoms with Crippen molar-refractivity contribution in [3.8, 4) is 0 Å². The van der Waals surface area contributed by atoms with E-state index in [1.807, 2.05) is 18.2 Å². The molecule has 0 saturated carbocycles. The smallest absolute Gasteiger partial charge is 0.335 e. The van der Waals surface area contributed by atoms with E-state index in [9.17, 15) is 4.79 Å². The highest BCUT2D eigenvalue weighted by molar-refractivity contribution is 5.95. The molecule has 2 N–H and O–H groups in total. The molecule has 1 heterocycles. The maximum atomic E-state index is 10.9. The Morgan fingerprint density at radius 3 is 2.59 bits per heavy atom. The molecule has 0 bridgehead atoms. The molecule has 4 nitrogen and oxygen atoms in total. The molecule has 110 valence electrons. The van der Waals surface area contributed by atoms with E-state index in [-0.39, 0.29) is 5.56 Å². The molecule has 0 unspecified atom stereocenters. The molecule has 0 aliphatic heterocycles. The van der Waals surface area contributed by atoms with Gasteiger partial charge in [-0.1, -0.05) is 25.1 Å². The van der Waals surface area contributed by atoms with E-state index in [1.165, 1.54) is 5.56 Å². The first-order valence-electron chi connectivity index (χ1n) is 7.16. The first-order chi connectivity index (χ1) is 10.7. The fourth-order valence-electron chi connectivity index (χ4n) is 2.48. The molecule has 4 heteroatoms. The summed E-state index contributed by atoms with van der Waals surface area (Å²) < 4.78 is 0. The lowest BCUT2D eigenvalue weighted by Crippen LogP contribution is -1.97. The molecule has 0 amide bonds. The Bertz CT molecular complexity index is 826. The summed E-state index contributed by atoms with van der Waals surface area (Å²) in [5.74, 6) is -0.923. The lowest BCUT2D eigenvalue weighted by Gasteiger charge is -2.11. The van der Waals surface area contributed by atoms with Crippen molar-refractivity contribution in [3.05, 3.63) is 65.9 Å². The highest BCUT2D eigenvalue weighted by atomic mass is 16.4. The molecule has 0 aliphatic carbocycles. The molecule has 1 aromatic heterocycles. The van der Waals surface area contributed by atoms with Crippen molar-refractivity contribution in [2.24, 2.45) is 0 Å². The van der Waals surface area contributed by atoms with E-state index < -0.39 is 5.97 Å². The lowest BCUT2D eigenvalue weighted by atomic mass is 10.1. The summed E-state index contributed by atoms with van der Waals surface area (Å²) in [6, 6.07) is 14.8. The predicted molar refractivity (Wildman–Crippen MR) is 87.8 cm³/mol. The van der Waals surface area contributed by atoms with Gasteiger partial charge in [0.2, 0.25) is 0 Å². The number of nitrogens with zero attached hydrogens (tertiary/aromatic N) is 1. The van der Waals surface area contributed by atoms with Crippen molar-refractivity contribution >= 4 is 28.2 Å². The number of aromatic carboxylic acids is 1. The van der Waals surface area contributed by atoms with E-state index in [1.54, 1.807) is 30.5 Å². The van der Waals surface area contributed by atoms with Crippen molar-refractivity contribution in [1.82, 2.24) is 4.98 Å². The van der Waals surface area contributed by atoms with Crippen LogP contribution in [0, 0.1) is 0 Å². The number of fused-ring (bicyclic) bond motifs is 1. The molecule has 2 aromatic carbocycles. The third-order valence-corrected chi connectivity index (χ3v) is 3.65. The summed E-state index contributed by atoms with van der Waals surface area (Å²) in [5, 5.41) is 13.3. The topological polar surface area (TPSA) is 62.2 Å². The molecule has 22 heavy (non-hydrogen) atoms. The number of carbonyl (C=O) groups is 1. The van der Waals surface area contributed by atoms with Crippen LogP contribution >= 0.6 is 0 Å². The van der Waals surface area contributed by atoms with Crippen LogP contribution in [0.1, 0.15) is 22.8 Å². The van der Waals surface area contributed by atoms with Gasteiger partial charge in [-0.25, -0.2) is 4.79 Å². The number of hydrogen-bond donors (Lipinski definition) is 2. The number of carboxylic acids is 1. The Hall–Kier alpha value is -2.88. The van der Waals surface area contributed by atoms with Crippen LogP contribution in [0.4, 0.5) is 11.4 Å². The second kappa shape index (κ2) is 5.85. The molecule has 0 saturated heterocycles. The van der Waals surface area contributed by atoms with Crippen LogP contribution in [0.25, 0.3) is 10.9 Å². The first-order valence-corrected chi connectivity index (χ1v) is 7.16. The average molecular weight is 292 g/mol. The van der Waals surface area contributed by atoms with Gasteiger partial charge in [-0.15, -0.1) is 0 Å². The number of nitrogens with one attached hydrogen (secondary N) is 1. The van der Waals surface area contributed by atoms with Crippen molar-refractivity contribution in [2.45, 2.75) is 13.3 Å². The van der Waals surface area contributed by atoms with Crippen molar-refractivity contribution in [2.75, 3.05) is 5.32 Å². The number of anilines is 2. The van der Waals surface area contributed by atoms with Crippen LogP contribution in [0.3, 0.4) is 0 Å². The molecule has 3 aromatic rings. The number of hydrogen-bond acceptors (Lipinski definition) is 3. The summed E-state index contributed by atoms with van der Waals surface area (Å²) in [4.78, 5) is 15.4. The Balaban J connectivity index is 1.98. The normalized spacial score (nSPS) is 10.6. The minimum Gasteiger partial charge on any atom is -0.478 e. The number of carboxylic acid groups (broad SMARTS) is 1. The number of aromatic nitrogens is 1. The van der Waals surface area contributed by atoms with E-state index in [0.717, 1.165) is 28.7 Å². The molecule has 0 radical (unpaired) electrons. The summed E-state index contributed by atoms with van der Waals surface area (Å²) in [6.45, 7) is 2.11. The largest absolute Gasteiger partial charge is 0.478 e. The minimum absolute atomic E-state index is 0.276. The van der Waals surface area contributed by atoms with Crippen LogP contribution in [0.15, 0.2) is 54.7 Å². The zero-order valence-electron chi connectivity index (χ0n) is 12.2. The quantitative estimate of drug-likeness (QED) is 0.755. The molecule has 0 atom stereocenters. The van der Waals surface area contributed by atoms with Gasteiger partial charge in [-0.3, -0.25) is 4.98 Å². The molecule has 0 fully saturated rings. The van der Waals surface area contributed by atoms with Gasteiger partial charge in [0.15, 0.2) is 0 Å². The Labute approximate surface area is 128 Å². The van der Waals surface area contributed by atoms with Gasteiger partial charge < -0.3 is 10.4 Å². The Morgan fingerprint density at radius 2 is 1.91 bits per heavy atom.